The van der Waals surface area contributed by atoms with Gasteiger partial charge in [0, 0.05) is 25.4 Å². The summed E-state index contributed by atoms with van der Waals surface area (Å²) in [5.74, 6) is -1.13. The van der Waals surface area contributed by atoms with E-state index in [1.165, 1.54) is 36.1 Å². The van der Waals surface area contributed by atoms with E-state index in [2.05, 4.69) is 0 Å². The maximum Gasteiger partial charge on any atom is 0.233 e. The average Bonchev–Trinajstić information content (AvgIpc) is 3.41. The van der Waals surface area contributed by atoms with Crippen LogP contribution in [0.15, 0.2) is 12.2 Å². The predicted molar refractivity (Wildman–Crippen MR) is 93.5 cm³/mol. The first kappa shape index (κ1) is 16.0. The molecule has 2 saturated heterocycles. The van der Waals surface area contributed by atoms with E-state index in [0.29, 0.717) is 18.4 Å². The number of nitrogens with zero attached hydrogens (tertiary/aromatic N) is 2. The number of imide groups is 2. The monoisotopic (exact) mass is 368 g/mol. The number of hydrogen-bond acceptors (Lipinski definition) is 4. The van der Waals surface area contributed by atoms with Crippen LogP contribution in [-0.2, 0) is 19.2 Å². The molecule has 0 spiro atoms. The molecule has 0 aromatic heterocycles. The molecule has 6 nitrogen and oxygen atoms in total. The summed E-state index contributed by atoms with van der Waals surface area (Å²) in [6.45, 7) is 0.544. The lowest BCUT2D eigenvalue weighted by atomic mass is 9.54. The number of rotatable bonds is 2. The predicted octanol–water partition coefficient (Wildman–Crippen LogP) is 1.07. The molecule has 4 amide bonds. The van der Waals surface area contributed by atoms with Gasteiger partial charge >= 0.3 is 0 Å². The molecule has 5 fully saturated rings. The van der Waals surface area contributed by atoms with Crippen molar-refractivity contribution in [2.45, 2.75) is 25.7 Å². The molecule has 9 unspecified atom stereocenters. The number of carbonyl (C=O) groups excluding carboxylic acids is 4. The highest BCUT2D eigenvalue weighted by atomic mass is 16.2. The Labute approximate surface area is 157 Å². The van der Waals surface area contributed by atoms with Crippen molar-refractivity contribution in [2.24, 2.45) is 53.3 Å². The SMILES string of the molecule is CN1C(=O)C2C3C=CC(C2C1=O)C1C(=O)N(CC2CC4CCC2C4)C(=O)C31. The van der Waals surface area contributed by atoms with Crippen molar-refractivity contribution in [1.82, 2.24) is 9.80 Å². The molecule has 5 aliphatic carbocycles. The van der Waals surface area contributed by atoms with Crippen LogP contribution in [0.4, 0.5) is 0 Å². The minimum atomic E-state index is -0.460. The summed E-state index contributed by atoms with van der Waals surface area (Å²) in [6, 6.07) is 0. The van der Waals surface area contributed by atoms with Crippen LogP contribution in [0.25, 0.3) is 0 Å². The molecular weight excluding hydrogens is 344 g/mol. The number of fused-ring (bicyclic) bond motifs is 2. The van der Waals surface area contributed by atoms with Gasteiger partial charge < -0.3 is 0 Å². The van der Waals surface area contributed by atoms with Gasteiger partial charge in [0.15, 0.2) is 0 Å². The fourth-order valence-electron chi connectivity index (χ4n) is 7.45. The van der Waals surface area contributed by atoms with Crippen LogP contribution < -0.4 is 0 Å². The van der Waals surface area contributed by atoms with Gasteiger partial charge in [0.2, 0.25) is 23.6 Å². The number of likely N-dealkylation sites (tertiary alicyclic amines) is 2. The molecule has 7 rings (SSSR count). The molecular formula is C21H24N2O4. The Balaban J connectivity index is 1.32. The van der Waals surface area contributed by atoms with Gasteiger partial charge in [0.25, 0.3) is 0 Å². The molecule has 2 aliphatic heterocycles. The van der Waals surface area contributed by atoms with Gasteiger partial charge in [0.1, 0.15) is 0 Å². The molecule has 0 N–H and O–H groups in total. The Bertz CT molecular complexity index is 769. The highest BCUT2D eigenvalue weighted by Gasteiger charge is 2.68. The maximum absolute atomic E-state index is 13.3. The van der Waals surface area contributed by atoms with Gasteiger partial charge in [0.05, 0.1) is 23.7 Å². The van der Waals surface area contributed by atoms with E-state index in [-0.39, 0.29) is 35.5 Å². The van der Waals surface area contributed by atoms with Gasteiger partial charge in [-0.15, -0.1) is 0 Å². The minimum Gasteiger partial charge on any atom is -0.285 e. The van der Waals surface area contributed by atoms with E-state index in [1.54, 1.807) is 0 Å². The van der Waals surface area contributed by atoms with Crippen molar-refractivity contribution in [3.63, 3.8) is 0 Å². The number of amides is 4. The van der Waals surface area contributed by atoms with Crippen molar-refractivity contribution in [3.05, 3.63) is 12.2 Å². The van der Waals surface area contributed by atoms with Crippen LogP contribution in [0.5, 0.6) is 0 Å². The molecule has 6 heteroatoms. The summed E-state index contributed by atoms with van der Waals surface area (Å²) < 4.78 is 0. The number of carbonyl (C=O) groups is 4. The van der Waals surface area contributed by atoms with E-state index in [4.69, 9.17) is 0 Å². The van der Waals surface area contributed by atoms with E-state index in [0.717, 1.165) is 12.3 Å². The summed E-state index contributed by atoms with van der Waals surface area (Å²) in [6.07, 6.45) is 8.77. The summed E-state index contributed by atoms with van der Waals surface area (Å²) in [5, 5.41) is 0. The quantitative estimate of drug-likeness (QED) is 0.540. The third kappa shape index (κ3) is 1.82. The second-order valence-electron chi connectivity index (χ2n) is 9.60. The Morgan fingerprint density at radius 3 is 1.85 bits per heavy atom. The van der Waals surface area contributed by atoms with Crippen molar-refractivity contribution in [1.29, 1.82) is 0 Å². The molecule has 4 bridgehead atoms. The zero-order valence-corrected chi connectivity index (χ0v) is 15.4. The van der Waals surface area contributed by atoms with Crippen LogP contribution in [0.1, 0.15) is 25.7 Å². The molecule has 142 valence electrons. The number of allylic oxidation sites excluding steroid dienone is 2. The Kier molecular flexibility index (Phi) is 3.02. The average molecular weight is 368 g/mol. The lowest BCUT2D eigenvalue weighted by molar-refractivity contribution is -0.141. The molecule has 2 heterocycles. The minimum absolute atomic E-state index is 0.0969. The van der Waals surface area contributed by atoms with Crippen molar-refractivity contribution in [2.75, 3.05) is 13.6 Å². The van der Waals surface area contributed by atoms with Gasteiger partial charge in [-0.25, -0.2) is 0 Å². The maximum atomic E-state index is 13.3. The van der Waals surface area contributed by atoms with E-state index in [1.807, 2.05) is 12.2 Å². The zero-order chi connectivity index (χ0) is 18.6. The second-order valence-corrected chi connectivity index (χ2v) is 9.60. The van der Waals surface area contributed by atoms with Gasteiger partial charge in [-0.3, -0.25) is 29.0 Å². The normalized spacial score (nSPS) is 49.6. The molecule has 0 radical (unpaired) electrons. The first-order valence-corrected chi connectivity index (χ1v) is 10.3. The third-order valence-corrected chi connectivity index (χ3v) is 8.62. The van der Waals surface area contributed by atoms with E-state index < -0.39 is 23.7 Å². The van der Waals surface area contributed by atoms with Gasteiger partial charge in [-0.05, 0) is 37.0 Å². The fraction of sp³-hybridized carbons (Fsp3) is 0.714. The molecule has 27 heavy (non-hydrogen) atoms. The van der Waals surface area contributed by atoms with Crippen LogP contribution in [0.3, 0.4) is 0 Å². The first-order chi connectivity index (χ1) is 13.0. The summed E-state index contributed by atoms with van der Waals surface area (Å²) in [4.78, 5) is 54.5. The van der Waals surface area contributed by atoms with Gasteiger partial charge in [-0.1, -0.05) is 18.6 Å². The Morgan fingerprint density at radius 1 is 0.815 bits per heavy atom. The van der Waals surface area contributed by atoms with Crippen LogP contribution in [-0.4, -0.2) is 47.0 Å². The van der Waals surface area contributed by atoms with Crippen molar-refractivity contribution >= 4 is 23.6 Å². The summed E-state index contributed by atoms with van der Waals surface area (Å²) >= 11 is 0. The molecule has 3 saturated carbocycles. The topological polar surface area (TPSA) is 74.8 Å². The second kappa shape index (κ2) is 5.09. The van der Waals surface area contributed by atoms with Crippen LogP contribution >= 0.6 is 0 Å². The lowest BCUT2D eigenvalue weighted by Gasteiger charge is -2.44. The Morgan fingerprint density at radius 2 is 1.37 bits per heavy atom. The largest absolute Gasteiger partial charge is 0.285 e. The van der Waals surface area contributed by atoms with Crippen LogP contribution in [0, 0.1) is 53.3 Å². The molecule has 9 atom stereocenters. The number of hydrogen-bond donors (Lipinski definition) is 0. The standard InChI is InChI=1S/C21H24N2O4/c1-22-18(24)14-12-4-5-13(15(14)19(22)25)17-16(12)20(26)23(21(17)27)8-11-7-9-2-3-10(11)6-9/h4-5,9-17H,2-3,6-8H2,1H3. The zero-order valence-electron chi connectivity index (χ0n) is 15.4. The van der Waals surface area contributed by atoms with Crippen LogP contribution in [0.2, 0.25) is 0 Å². The molecule has 0 aromatic carbocycles. The van der Waals surface area contributed by atoms with Crippen molar-refractivity contribution < 1.29 is 19.2 Å². The Hall–Kier alpha value is -1.98. The highest BCUT2D eigenvalue weighted by Crippen LogP contribution is 2.58. The van der Waals surface area contributed by atoms with Crippen molar-refractivity contribution in [3.8, 4) is 0 Å². The smallest absolute Gasteiger partial charge is 0.233 e. The van der Waals surface area contributed by atoms with Gasteiger partial charge in [-0.2, -0.15) is 0 Å². The lowest BCUT2D eigenvalue weighted by Crippen LogP contribution is -2.50. The first-order valence-electron chi connectivity index (χ1n) is 10.3. The van der Waals surface area contributed by atoms with E-state index >= 15 is 0 Å². The summed E-state index contributed by atoms with van der Waals surface area (Å²) in [5.41, 5.74) is 0. The summed E-state index contributed by atoms with van der Waals surface area (Å²) in [7, 11) is 1.52. The fourth-order valence-corrected chi connectivity index (χ4v) is 7.45. The highest BCUT2D eigenvalue weighted by molar-refractivity contribution is 6.10. The molecule has 7 aliphatic rings. The van der Waals surface area contributed by atoms with E-state index in [9.17, 15) is 19.2 Å². The molecule has 0 aromatic rings. The third-order valence-electron chi connectivity index (χ3n) is 8.62.